The van der Waals surface area contributed by atoms with Gasteiger partial charge in [-0.25, -0.2) is 9.78 Å². The Morgan fingerprint density at radius 1 is 1.45 bits per heavy atom. The highest BCUT2D eigenvalue weighted by Gasteiger charge is 2.21. The lowest BCUT2D eigenvalue weighted by molar-refractivity contribution is -0.385. The summed E-state index contributed by atoms with van der Waals surface area (Å²) in [6, 6.07) is 1.23. The number of carbonyl (C=O) groups is 1. The molecule has 0 radical (unpaired) electrons. The zero-order valence-corrected chi connectivity index (χ0v) is 11.0. The Balaban J connectivity index is 2.06. The number of carboxylic acids is 1. The molecule has 0 aliphatic heterocycles. The fourth-order valence-electron chi connectivity index (χ4n) is 2.50. The lowest BCUT2D eigenvalue weighted by Gasteiger charge is -2.21. The van der Waals surface area contributed by atoms with E-state index in [1.807, 2.05) is 0 Å². The molecule has 20 heavy (non-hydrogen) atoms. The van der Waals surface area contributed by atoms with Crippen LogP contribution in [0.1, 0.15) is 42.5 Å². The predicted octanol–water partition coefficient (Wildman–Crippen LogP) is 2.68. The van der Waals surface area contributed by atoms with Crippen molar-refractivity contribution >= 4 is 17.5 Å². The van der Waals surface area contributed by atoms with Crippen LogP contribution in [0.5, 0.6) is 0 Å². The topological polar surface area (TPSA) is 105 Å². The maximum absolute atomic E-state index is 11.0. The Kier molecular flexibility index (Phi) is 4.49. The van der Waals surface area contributed by atoms with Gasteiger partial charge in [0.05, 0.1) is 4.92 Å². The van der Waals surface area contributed by atoms with E-state index < -0.39 is 16.6 Å². The van der Waals surface area contributed by atoms with Gasteiger partial charge < -0.3 is 10.4 Å². The first kappa shape index (κ1) is 14.2. The SMILES string of the molecule is O=C(O)c1cc(NCC2CCCCC2)ncc1[N+](=O)[O-]. The van der Waals surface area contributed by atoms with E-state index in [4.69, 9.17) is 5.11 Å². The number of hydrogen-bond acceptors (Lipinski definition) is 5. The minimum atomic E-state index is -1.32. The summed E-state index contributed by atoms with van der Waals surface area (Å²) >= 11 is 0. The third-order valence-electron chi connectivity index (χ3n) is 3.61. The van der Waals surface area contributed by atoms with Gasteiger partial charge in [0.1, 0.15) is 17.6 Å². The summed E-state index contributed by atoms with van der Waals surface area (Å²) in [5, 5.41) is 22.8. The molecule has 0 unspecified atom stereocenters. The van der Waals surface area contributed by atoms with Crippen molar-refractivity contribution in [2.45, 2.75) is 32.1 Å². The second-order valence-electron chi connectivity index (χ2n) is 5.03. The first-order chi connectivity index (χ1) is 9.58. The van der Waals surface area contributed by atoms with Gasteiger partial charge in [0, 0.05) is 12.6 Å². The number of hydrogen-bond donors (Lipinski definition) is 2. The van der Waals surface area contributed by atoms with E-state index in [0.717, 1.165) is 25.6 Å². The quantitative estimate of drug-likeness (QED) is 0.634. The standard InChI is InChI=1S/C13H17N3O4/c17-13(18)10-6-12(15-8-11(10)16(19)20)14-7-9-4-2-1-3-5-9/h6,8-9H,1-5,7H2,(H,14,15)(H,17,18). The summed E-state index contributed by atoms with van der Waals surface area (Å²) in [6.07, 6.45) is 7.03. The average Bonchev–Trinajstić information content (AvgIpc) is 2.45. The molecule has 7 heteroatoms. The largest absolute Gasteiger partial charge is 0.477 e. The van der Waals surface area contributed by atoms with Gasteiger partial charge in [-0.1, -0.05) is 19.3 Å². The molecule has 0 amide bonds. The number of nitrogens with zero attached hydrogens (tertiary/aromatic N) is 2. The fraction of sp³-hybridized carbons (Fsp3) is 0.538. The molecular weight excluding hydrogens is 262 g/mol. The van der Waals surface area contributed by atoms with Crippen LogP contribution in [0.25, 0.3) is 0 Å². The zero-order chi connectivity index (χ0) is 14.5. The van der Waals surface area contributed by atoms with Gasteiger partial charge in [0.2, 0.25) is 0 Å². The Labute approximate surface area is 116 Å². The highest BCUT2D eigenvalue weighted by atomic mass is 16.6. The van der Waals surface area contributed by atoms with Crippen molar-refractivity contribution in [1.82, 2.24) is 4.98 Å². The molecule has 1 fully saturated rings. The number of rotatable bonds is 5. The smallest absolute Gasteiger partial charge is 0.342 e. The number of aromatic nitrogens is 1. The molecule has 1 aliphatic carbocycles. The molecule has 1 aliphatic rings. The summed E-state index contributed by atoms with van der Waals surface area (Å²) in [5.41, 5.74) is -0.822. The minimum absolute atomic E-state index is 0.337. The predicted molar refractivity (Wildman–Crippen MR) is 72.9 cm³/mol. The van der Waals surface area contributed by atoms with Crippen LogP contribution in [0.2, 0.25) is 0 Å². The summed E-state index contributed by atoms with van der Waals surface area (Å²) < 4.78 is 0. The van der Waals surface area contributed by atoms with E-state index in [1.54, 1.807) is 0 Å². The number of nitrogens with one attached hydrogen (secondary N) is 1. The highest BCUT2D eigenvalue weighted by molar-refractivity contribution is 5.93. The van der Waals surface area contributed by atoms with Gasteiger partial charge in [-0.05, 0) is 18.8 Å². The number of aromatic carboxylic acids is 1. The second kappa shape index (κ2) is 6.31. The Hall–Kier alpha value is -2.18. The molecule has 1 saturated carbocycles. The van der Waals surface area contributed by atoms with Crippen molar-refractivity contribution in [2.24, 2.45) is 5.92 Å². The third-order valence-corrected chi connectivity index (χ3v) is 3.61. The lowest BCUT2D eigenvalue weighted by Crippen LogP contribution is -2.18. The Bertz CT molecular complexity index is 512. The first-order valence-corrected chi connectivity index (χ1v) is 6.69. The van der Waals surface area contributed by atoms with E-state index in [0.29, 0.717) is 11.7 Å². The van der Waals surface area contributed by atoms with Crippen molar-refractivity contribution in [2.75, 3.05) is 11.9 Å². The van der Waals surface area contributed by atoms with Crippen LogP contribution >= 0.6 is 0 Å². The maximum atomic E-state index is 11.0. The van der Waals surface area contributed by atoms with Crippen LogP contribution in [-0.4, -0.2) is 27.5 Å². The van der Waals surface area contributed by atoms with Gasteiger partial charge in [-0.3, -0.25) is 10.1 Å². The molecule has 1 heterocycles. The maximum Gasteiger partial charge on any atom is 0.342 e. The first-order valence-electron chi connectivity index (χ1n) is 6.69. The lowest BCUT2D eigenvalue weighted by atomic mass is 9.89. The molecule has 2 N–H and O–H groups in total. The highest BCUT2D eigenvalue weighted by Crippen LogP contribution is 2.25. The fourth-order valence-corrected chi connectivity index (χ4v) is 2.50. The summed E-state index contributed by atoms with van der Waals surface area (Å²) in [5.74, 6) is -0.382. The Morgan fingerprint density at radius 2 is 2.15 bits per heavy atom. The number of nitro groups is 1. The molecular formula is C13H17N3O4. The van der Waals surface area contributed by atoms with Crippen LogP contribution in [-0.2, 0) is 0 Å². The van der Waals surface area contributed by atoms with Crippen LogP contribution in [0.3, 0.4) is 0 Å². The van der Waals surface area contributed by atoms with Crippen LogP contribution in [0, 0.1) is 16.0 Å². The molecule has 1 aromatic heterocycles. The summed E-state index contributed by atoms with van der Waals surface area (Å²) in [7, 11) is 0. The van der Waals surface area contributed by atoms with Crippen molar-refractivity contribution in [3.8, 4) is 0 Å². The van der Waals surface area contributed by atoms with Crippen LogP contribution in [0.4, 0.5) is 11.5 Å². The van der Waals surface area contributed by atoms with Crippen molar-refractivity contribution in [3.05, 3.63) is 27.9 Å². The van der Waals surface area contributed by atoms with Crippen molar-refractivity contribution in [3.63, 3.8) is 0 Å². The molecule has 0 saturated heterocycles. The zero-order valence-electron chi connectivity index (χ0n) is 11.0. The van der Waals surface area contributed by atoms with Crippen LogP contribution < -0.4 is 5.32 Å². The Morgan fingerprint density at radius 3 is 2.75 bits per heavy atom. The molecule has 108 valence electrons. The second-order valence-corrected chi connectivity index (χ2v) is 5.03. The van der Waals surface area contributed by atoms with Gasteiger partial charge in [0.15, 0.2) is 0 Å². The molecule has 2 rings (SSSR count). The number of carboxylic acid groups (broad SMARTS) is 1. The molecule has 0 spiro atoms. The minimum Gasteiger partial charge on any atom is -0.477 e. The van der Waals surface area contributed by atoms with E-state index in [1.165, 1.54) is 25.3 Å². The molecule has 1 aromatic rings. The van der Waals surface area contributed by atoms with Gasteiger partial charge in [-0.15, -0.1) is 0 Å². The van der Waals surface area contributed by atoms with E-state index >= 15 is 0 Å². The average molecular weight is 279 g/mol. The molecule has 0 aromatic carbocycles. The van der Waals surface area contributed by atoms with Crippen molar-refractivity contribution in [1.29, 1.82) is 0 Å². The van der Waals surface area contributed by atoms with Crippen LogP contribution in [0.15, 0.2) is 12.3 Å². The normalized spacial score (nSPS) is 15.8. The van der Waals surface area contributed by atoms with E-state index in [-0.39, 0.29) is 5.56 Å². The van der Waals surface area contributed by atoms with Crippen molar-refractivity contribution < 1.29 is 14.8 Å². The van der Waals surface area contributed by atoms with E-state index in [9.17, 15) is 14.9 Å². The number of anilines is 1. The third kappa shape index (κ3) is 3.43. The molecule has 7 nitrogen and oxygen atoms in total. The summed E-state index contributed by atoms with van der Waals surface area (Å²) in [6.45, 7) is 0.726. The van der Waals surface area contributed by atoms with E-state index in [2.05, 4.69) is 10.3 Å². The van der Waals surface area contributed by atoms with Gasteiger partial charge in [-0.2, -0.15) is 0 Å². The molecule has 0 bridgehead atoms. The van der Waals surface area contributed by atoms with Gasteiger partial charge in [0.25, 0.3) is 0 Å². The molecule has 0 atom stereocenters. The number of pyridine rings is 1. The monoisotopic (exact) mass is 279 g/mol. The van der Waals surface area contributed by atoms with Gasteiger partial charge >= 0.3 is 11.7 Å². The summed E-state index contributed by atoms with van der Waals surface area (Å²) in [4.78, 5) is 24.9.